The molecule has 2 aliphatic carbocycles. The molecule has 0 saturated carbocycles. The van der Waals surface area contributed by atoms with Crippen LogP contribution in [0.5, 0.6) is 0 Å². The highest BCUT2D eigenvalue weighted by atomic mass is 15.1. The largest absolute Gasteiger partial charge is 0.309 e. The van der Waals surface area contributed by atoms with Crippen molar-refractivity contribution in [3.63, 3.8) is 0 Å². The van der Waals surface area contributed by atoms with Gasteiger partial charge < -0.3 is 4.90 Å². The van der Waals surface area contributed by atoms with Crippen LogP contribution in [0.4, 0.5) is 17.1 Å². The summed E-state index contributed by atoms with van der Waals surface area (Å²) in [4.78, 5) is 2.50. The van der Waals surface area contributed by atoms with E-state index in [9.17, 15) is 0 Å². The molecule has 2 aliphatic rings. The van der Waals surface area contributed by atoms with E-state index < -0.39 is 5.41 Å². The van der Waals surface area contributed by atoms with Gasteiger partial charge in [0.1, 0.15) is 0 Å². The first-order valence-corrected chi connectivity index (χ1v) is 18.1. The predicted molar refractivity (Wildman–Crippen MR) is 218 cm³/mol. The van der Waals surface area contributed by atoms with Crippen LogP contribution in [0, 0.1) is 0 Å². The Morgan fingerprint density at radius 1 is 0.346 bits per heavy atom. The lowest BCUT2D eigenvalue weighted by molar-refractivity contribution is 0.801. The second-order valence-electron chi connectivity index (χ2n) is 14.0. The highest BCUT2D eigenvalue weighted by molar-refractivity contribution is 6.17. The minimum Gasteiger partial charge on any atom is -0.309 e. The van der Waals surface area contributed by atoms with Gasteiger partial charge >= 0.3 is 0 Å². The lowest BCUT2D eigenvalue weighted by Gasteiger charge is -2.34. The average Bonchev–Trinajstić information content (AvgIpc) is 3.69. The van der Waals surface area contributed by atoms with E-state index in [0.717, 1.165) is 11.4 Å². The summed E-state index contributed by atoms with van der Waals surface area (Å²) in [5.74, 6) is 0. The smallest absolute Gasteiger partial charge is 0.0731 e. The fraction of sp³-hybridized carbons (Fsp3) is 0.0196. The SMILES string of the molecule is c1ccc(-c2c3c(c4ccccc4c2N(c2ccccc2)c2ccc4ccccc4c2)C2(c4ccccc4-c4ccccc42)c2ccccc2-3)cc1. The maximum atomic E-state index is 2.50. The van der Waals surface area contributed by atoms with Crippen molar-refractivity contribution < 1.29 is 0 Å². The van der Waals surface area contributed by atoms with Gasteiger partial charge in [-0.25, -0.2) is 0 Å². The second kappa shape index (κ2) is 11.2. The van der Waals surface area contributed by atoms with Crippen molar-refractivity contribution in [2.24, 2.45) is 0 Å². The van der Waals surface area contributed by atoms with Gasteiger partial charge in [-0.1, -0.05) is 176 Å². The molecule has 0 heterocycles. The van der Waals surface area contributed by atoms with Gasteiger partial charge in [-0.05, 0) is 90.5 Å². The second-order valence-corrected chi connectivity index (χ2v) is 14.0. The minimum atomic E-state index is -0.471. The third-order valence-corrected chi connectivity index (χ3v) is 11.4. The van der Waals surface area contributed by atoms with Crippen molar-refractivity contribution in [1.29, 1.82) is 0 Å². The Bertz CT molecular complexity index is 2800. The van der Waals surface area contributed by atoms with Crippen molar-refractivity contribution in [3.8, 4) is 33.4 Å². The van der Waals surface area contributed by atoms with E-state index in [4.69, 9.17) is 0 Å². The van der Waals surface area contributed by atoms with Crippen molar-refractivity contribution in [1.82, 2.24) is 0 Å². The molecule has 0 N–H and O–H groups in total. The molecular weight excluding hydrogens is 627 g/mol. The zero-order chi connectivity index (χ0) is 34.2. The number of hydrogen-bond acceptors (Lipinski definition) is 1. The Hall–Kier alpha value is -6.70. The van der Waals surface area contributed by atoms with E-state index in [0.29, 0.717) is 0 Å². The molecule has 0 aliphatic heterocycles. The fourth-order valence-electron chi connectivity index (χ4n) is 9.45. The summed E-state index contributed by atoms with van der Waals surface area (Å²) in [6.45, 7) is 0. The number of fused-ring (bicyclic) bond motifs is 13. The van der Waals surface area contributed by atoms with Gasteiger partial charge in [0.2, 0.25) is 0 Å². The summed E-state index contributed by atoms with van der Waals surface area (Å²) in [6, 6.07) is 74.0. The zero-order valence-electron chi connectivity index (χ0n) is 28.5. The maximum absolute atomic E-state index is 2.50. The van der Waals surface area contributed by atoms with E-state index in [1.807, 2.05) is 0 Å². The van der Waals surface area contributed by atoms with Crippen LogP contribution in [0.25, 0.3) is 54.9 Å². The van der Waals surface area contributed by atoms with E-state index in [1.165, 1.54) is 82.9 Å². The van der Waals surface area contributed by atoms with Gasteiger partial charge in [0.15, 0.2) is 0 Å². The van der Waals surface area contributed by atoms with Gasteiger partial charge in [-0.15, -0.1) is 0 Å². The first kappa shape index (κ1) is 29.1. The first-order chi connectivity index (χ1) is 25.8. The van der Waals surface area contributed by atoms with Crippen molar-refractivity contribution in [3.05, 3.63) is 222 Å². The van der Waals surface area contributed by atoms with Crippen LogP contribution in [-0.4, -0.2) is 0 Å². The Kier molecular flexibility index (Phi) is 6.23. The topological polar surface area (TPSA) is 3.24 Å². The van der Waals surface area contributed by atoms with Crippen molar-refractivity contribution in [2.75, 3.05) is 4.90 Å². The molecule has 0 atom stereocenters. The predicted octanol–water partition coefficient (Wildman–Crippen LogP) is 13.5. The Morgan fingerprint density at radius 2 is 0.865 bits per heavy atom. The normalized spacial score (nSPS) is 13.2. The number of anilines is 3. The molecule has 0 saturated heterocycles. The lowest BCUT2D eigenvalue weighted by atomic mass is 9.69. The molecule has 0 unspecified atom stereocenters. The summed E-state index contributed by atoms with van der Waals surface area (Å²) in [7, 11) is 0. The molecule has 242 valence electrons. The third kappa shape index (κ3) is 3.88. The lowest BCUT2D eigenvalue weighted by Crippen LogP contribution is -2.26. The maximum Gasteiger partial charge on any atom is 0.0731 e. The summed E-state index contributed by atoms with van der Waals surface area (Å²) in [6.07, 6.45) is 0. The van der Waals surface area contributed by atoms with Crippen molar-refractivity contribution >= 4 is 38.6 Å². The summed E-state index contributed by atoms with van der Waals surface area (Å²) in [5.41, 5.74) is 16.1. The highest BCUT2D eigenvalue weighted by Gasteiger charge is 2.53. The summed E-state index contributed by atoms with van der Waals surface area (Å²) in [5, 5.41) is 4.95. The number of nitrogens with zero attached hydrogens (tertiary/aromatic N) is 1. The third-order valence-electron chi connectivity index (χ3n) is 11.4. The molecule has 9 aromatic carbocycles. The van der Waals surface area contributed by atoms with E-state index >= 15 is 0 Å². The fourth-order valence-corrected chi connectivity index (χ4v) is 9.45. The molecule has 52 heavy (non-hydrogen) atoms. The first-order valence-electron chi connectivity index (χ1n) is 18.1. The van der Waals surface area contributed by atoms with Crippen LogP contribution in [-0.2, 0) is 5.41 Å². The number of para-hydroxylation sites is 1. The van der Waals surface area contributed by atoms with Crippen LogP contribution in [0.2, 0.25) is 0 Å². The van der Waals surface area contributed by atoms with Crippen molar-refractivity contribution in [2.45, 2.75) is 5.41 Å². The molecule has 1 spiro atoms. The monoisotopic (exact) mass is 659 g/mol. The van der Waals surface area contributed by atoms with Gasteiger partial charge in [0.05, 0.1) is 11.1 Å². The van der Waals surface area contributed by atoms with E-state index in [-0.39, 0.29) is 0 Å². The van der Waals surface area contributed by atoms with E-state index in [2.05, 4.69) is 205 Å². The molecule has 1 heteroatoms. The molecule has 0 fully saturated rings. The summed E-state index contributed by atoms with van der Waals surface area (Å²) < 4.78 is 0. The summed E-state index contributed by atoms with van der Waals surface area (Å²) >= 11 is 0. The highest BCUT2D eigenvalue weighted by Crippen LogP contribution is 2.67. The van der Waals surface area contributed by atoms with E-state index in [1.54, 1.807) is 0 Å². The van der Waals surface area contributed by atoms with Gasteiger partial charge in [0, 0.05) is 22.3 Å². The van der Waals surface area contributed by atoms with Crippen LogP contribution in [0.1, 0.15) is 22.3 Å². The molecule has 0 bridgehead atoms. The van der Waals surface area contributed by atoms with Gasteiger partial charge in [0.25, 0.3) is 0 Å². The standard InChI is InChI=1S/C51H33N/c1-3-18-35(19-4-1)47-48-43-27-13-16-30-46(43)51(44-28-14-11-23-39(44)40-24-12-15-29-45(40)51)49(48)41-25-9-10-26-42(41)50(47)52(37-21-5-2-6-22-37)38-32-31-34-17-7-8-20-36(34)33-38/h1-33H. The number of rotatable bonds is 4. The van der Waals surface area contributed by atoms with Gasteiger partial charge in [-0.3, -0.25) is 0 Å². The zero-order valence-corrected chi connectivity index (χ0v) is 28.5. The van der Waals surface area contributed by atoms with Gasteiger partial charge in [-0.2, -0.15) is 0 Å². The molecule has 0 aromatic heterocycles. The number of benzene rings is 9. The number of hydrogen-bond donors (Lipinski definition) is 0. The van der Waals surface area contributed by atoms with Crippen LogP contribution >= 0.6 is 0 Å². The average molecular weight is 660 g/mol. The Labute approximate surface area is 303 Å². The minimum absolute atomic E-state index is 0.471. The molecule has 1 nitrogen and oxygen atoms in total. The molecule has 11 rings (SSSR count). The van der Waals surface area contributed by atoms with Crippen LogP contribution < -0.4 is 4.90 Å². The quantitative estimate of drug-likeness (QED) is 0.182. The molecule has 0 amide bonds. The Morgan fingerprint density at radius 3 is 1.56 bits per heavy atom. The van der Waals surface area contributed by atoms with Crippen LogP contribution in [0.3, 0.4) is 0 Å². The van der Waals surface area contributed by atoms with Crippen LogP contribution in [0.15, 0.2) is 200 Å². The Balaban J connectivity index is 1.37. The molecule has 9 aromatic rings. The molecular formula is C51H33N. The molecule has 0 radical (unpaired) electrons.